The summed E-state index contributed by atoms with van der Waals surface area (Å²) in [7, 11) is 1.97. The number of aryl methyl sites for hydroxylation is 1. The molecule has 0 saturated carbocycles. The number of rotatable bonds is 3. The molecule has 0 amide bonds. The summed E-state index contributed by atoms with van der Waals surface area (Å²) in [5, 5.41) is 8.59. The van der Waals surface area contributed by atoms with Gasteiger partial charge in [-0.15, -0.1) is 0 Å². The van der Waals surface area contributed by atoms with Crippen LogP contribution < -0.4 is 5.32 Å². The SMILES string of the molecule is Cn1nccc1CNC1Cc2ccc(Cl)cc2C1. The minimum Gasteiger partial charge on any atom is -0.308 e. The van der Waals surface area contributed by atoms with Gasteiger partial charge in [-0.3, -0.25) is 4.68 Å². The van der Waals surface area contributed by atoms with E-state index in [0.29, 0.717) is 6.04 Å². The number of hydrogen-bond donors (Lipinski definition) is 1. The minimum absolute atomic E-state index is 0.508. The monoisotopic (exact) mass is 261 g/mol. The quantitative estimate of drug-likeness (QED) is 0.919. The van der Waals surface area contributed by atoms with Gasteiger partial charge in [0.25, 0.3) is 0 Å². The summed E-state index contributed by atoms with van der Waals surface area (Å²) in [6, 6.07) is 8.76. The third kappa shape index (κ3) is 2.28. The molecule has 1 unspecified atom stereocenters. The van der Waals surface area contributed by atoms with Gasteiger partial charge in [0.2, 0.25) is 0 Å². The maximum absolute atomic E-state index is 6.02. The van der Waals surface area contributed by atoms with Crippen molar-refractivity contribution in [1.82, 2.24) is 15.1 Å². The van der Waals surface area contributed by atoms with Crippen molar-refractivity contribution >= 4 is 11.6 Å². The van der Waals surface area contributed by atoms with Crippen molar-refractivity contribution in [3.8, 4) is 0 Å². The van der Waals surface area contributed by atoms with Crippen LogP contribution in [0, 0.1) is 0 Å². The van der Waals surface area contributed by atoms with Gasteiger partial charge in [0.15, 0.2) is 0 Å². The third-order valence-corrected chi connectivity index (χ3v) is 3.83. The van der Waals surface area contributed by atoms with Crippen LogP contribution >= 0.6 is 11.6 Å². The van der Waals surface area contributed by atoms with Crippen LogP contribution in [0.15, 0.2) is 30.5 Å². The number of benzene rings is 1. The van der Waals surface area contributed by atoms with Crippen LogP contribution in [0.3, 0.4) is 0 Å². The number of aromatic nitrogens is 2. The highest BCUT2D eigenvalue weighted by Crippen LogP contribution is 2.25. The average Bonchev–Trinajstić information content (AvgIpc) is 2.92. The highest BCUT2D eigenvalue weighted by atomic mass is 35.5. The zero-order valence-electron chi connectivity index (χ0n) is 10.4. The van der Waals surface area contributed by atoms with Crippen LogP contribution in [-0.4, -0.2) is 15.8 Å². The van der Waals surface area contributed by atoms with Gasteiger partial charge in [0, 0.05) is 30.9 Å². The molecule has 0 spiro atoms. The van der Waals surface area contributed by atoms with Crippen LogP contribution in [0.25, 0.3) is 0 Å². The lowest BCUT2D eigenvalue weighted by Gasteiger charge is -2.11. The predicted octanol–water partition coefficient (Wildman–Crippen LogP) is 2.33. The fourth-order valence-corrected chi connectivity index (χ4v) is 2.75. The van der Waals surface area contributed by atoms with Crippen molar-refractivity contribution in [3.05, 3.63) is 52.3 Å². The highest BCUT2D eigenvalue weighted by Gasteiger charge is 2.21. The summed E-state index contributed by atoms with van der Waals surface area (Å²) >= 11 is 6.02. The van der Waals surface area contributed by atoms with Gasteiger partial charge in [-0.25, -0.2) is 0 Å². The fourth-order valence-electron chi connectivity index (χ4n) is 2.55. The van der Waals surface area contributed by atoms with E-state index in [-0.39, 0.29) is 0 Å². The molecule has 0 saturated heterocycles. The molecule has 0 bridgehead atoms. The molecule has 18 heavy (non-hydrogen) atoms. The number of nitrogens with zero attached hydrogens (tertiary/aromatic N) is 2. The first-order chi connectivity index (χ1) is 8.72. The Balaban J connectivity index is 1.63. The van der Waals surface area contributed by atoms with Gasteiger partial charge in [-0.2, -0.15) is 5.10 Å². The lowest BCUT2D eigenvalue weighted by Crippen LogP contribution is -2.29. The Morgan fingerprint density at radius 3 is 2.94 bits per heavy atom. The Bertz CT molecular complexity index is 562. The Kier molecular flexibility index (Phi) is 3.10. The Hall–Kier alpha value is -1.32. The van der Waals surface area contributed by atoms with Crippen molar-refractivity contribution in [3.63, 3.8) is 0 Å². The fraction of sp³-hybridized carbons (Fsp3) is 0.357. The van der Waals surface area contributed by atoms with E-state index in [1.165, 1.54) is 16.8 Å². The number of hydrogen-bond acceptors (Lipinski definition) is 2. The van der Waals surface area contributed by atoms with E-state index in [1.54, 1.807) is 0 Å². The summed E-state index contributed by atoms with van der Waals surface area (Å²) < 4.78 is 1.91. The van der Waals surface area contributed by atoms with Crippen LogP contribution in [0.2, 0.25) is 5.02 Å². The lowest BCUT2D eigenvalue weighted by molar-refractivity contribution is 0.515. The lowest BCUT2D eigenvalue weighted by atomic mass is 10.1. The van der Waals surface area contributed by atoms with Crippen molar-refractivity contribution < 1.29 is 0 Å². The summed E-state index contributed by atoms with van der Waals surface area (Å²) in [6.45, 7) is 0.864. The van der Waals surface area contributed by atoms with Gasteiger partial charge in [0.05, 0.1) is 5.69 Å². The van der Waals surface area contributed by atoms with Gasteiger partial charge < -0.3 is 5.32 Å². The molecule has 1 aromatic carbocycles. The van der Waals surface area contributed by atoms with Crippen molar-refractivity contribution in [1.29, 1.82) is 0 Å². The molecule has 0 fully saturated rings. The molecule has 1 aliphatic rings. The number of fused-ring (bicyclic) bond motifs is 1. The van der Waals surface area contributed by atoms with Crippen molar-refractivity contribution in [2.24, 2.45) is 7.05 Å². The molecule has 1 atom stereocenters. The summed E-state index contributed by atoms with van der Waals surface area (Å²) in [5.41, 5.74) is 4.01. The molecule has 4 heteroatoms. The molecule has 0 radical (unpaired) electrons. The van der Waals surface area contributed by atoms with Crippen LogP contribution in [0.1, 0.15) is 16.8 Å². The molecule has 3 nitrogen and oxygen atoms in total. The largest absolute Gasteiger partial charge is 0.308 e. The molecule has 94 valence electrons. The third-order valence-electron chi connectivity index (χ3n) is 3.60. The topological polar surface area (TPSA) is 29.9 Å². The van der Waals surface area contributed by atoms with Crippen LogP contribution in [0.4, 0.5) is 0 Å². The van der Waals surface area contributed by atoms with Gasteiger partial charge in [0.1, 0.15) is 0 Å². The number of halogens is 1. The van der Waals surface area contributed by atoms with E-state index in [9.17, 15) is 0 Å². The first kappa shape index (κ1) is 11.8. The van der Waals surface area contributed by atoms with Gasteiger partial charge >= 0.3 is 0 Å². The smallest absolute Gasteiger partial charge is 0.0518 e. The first-order valence-electron chi connectivity index (χ1n) is 6.20. The molecule has 2 aromatic rings. The van der Waals surface area contributed by atoms with E-state index in [4.69, 9.17) is 11.6 Å². The maximum atomic E-state index is 6.02. The second kappa shape index (κ2) is 4.75. The van der Waals surface area contributed by atoms with Gasteiger partial charge in [-0.05, 0) is 42.2 Å². The Morgan fingerprint density at radius 1 is 1.33 bits per heavy atom. The summed E-state index contributed by atoms with van der Waals surface area (Å²) in [6.07, 6.45) is 3.98. The van der Waals surface area contributed by atoms with Crippen molar-refractivity contribution in [2.75, 3.05) is 0 Å². The molecule has 1 aliphatic carbocycles. The maximum Gasteiger partial charge on any atom is 0.0518 e. The molecule has 1 aromatic heterocycles. The average molecular weight is 262 g/mol. The van der Waals surface area contributed by atoms with E-state index < -0.39 is 0 Å². The zero-order valence-corrected chi connectivity index (χ0v) is 11.1. The first-order valence-corrected chi connectivity index (χ1v) is 6.58. The minimum atomic E-state index is 0.508. The van der Waals surface area contributed by atoms with E-state index in [1.807, 2.05) is 30.1 Å². The number of nitrogens with one attached hydrogen (secondary N) is 1. The van der Waals surface area contributed by atoms with Crippen molar-refractivity contribution in [2.45, 2.75) is 25.4 Å². The standard InChI is InChI=1S/C14H16ClN3/c1-18-14(4-5-17-18)9-16-13-7-10-2-3-12(15)6-11(10)8-13/h2-6,13,16H,7-9H2,1H3. The molecule has 3 rings (SSSR count). The summed E-state index contributed by atoms with van der Waals surface area (Å²) in [4.78, 5) is 0. The second-order valence-electron chi connectivity index (χ2n) is 4.85. The van der Waals surface area contributed by atoms with E-state index in [2.05, 4.69) is 22.5 Å². The van der Waals surface area contributed by atoms with E-state index in [0.717, 1.165) is 24.4 Å². The molecular weight excluding hydrogens is 246 g/mol. The van der Waals surface area contributed by atoms with Crippen LogP contribution in [-0.2, 0) is 26.4 Å². The Morgan fingerprint density at radius 2 is 2.17 bits per heavy atom. The molecule has 0 aliphatic heterocycles. The summed E-state index contributed by atoms with van der Waals surface area (Å²) in [5.74, 6) is 0. The van der Waals surface area contributed by atoms with Crippen LogP contribution in [0.5, 0.6) is 0 Å². The second-order valence-corrected chi connectivity index (χ2v) is 5.28. The van der Waals surface area contributed by atoms with Gasteiger partial charge in [-0.1, -0.05) is 17.7 Å². The van der Waals surface area contributed by atoms with E-state index >= 15 is 0 Å². The normalized spacial score (nSPS) is 18.0. The molecule has 1 N–H and O–H groups in total. The molecular formula is C14H16ClN3. The zero-order chi connectivity index (χ0) is 12.5. The predicted molar refractivity (Wildman–Crippen MR) is 72.7 cm³/mol. The Labute approximate surface area is 112 Å². The highest BCUT2D eigenvalue weighted by molar-refractivity contribution is 6.30. The molecule has 1 heterocycles.